The Kier molecular flexibility index (Phi) is 4.33. The fraction of sp³-hybridized carbons (Fsp3) is 0.0714. The van der Waals surface area contributed by atoms with Gasteiger partial charge in [-0.15, -0.1) is 0 Å². The molecule has 0 heterocycles. The summed E-state index contributed by atoms with van der Waals surface area (Å²) in [5.74, 6) is 0.694. The summed E-state index contributed by atoms with van der Waals surface area (Å²) in [6, 6.07) is 13.1. The molecule has 100 valence electrons. The van der Waals surface area contributed by atoms with Gasteiger partial charge in [0.1, 0.15) is 17.6 Å². The largest absolute Gasteiger partial charge is 0.456 e. The van der Waals surface area contributed by atoms with Crippen LogP contribution in [0.3, 0.4) is 0 Å². The van der Waals surface area contributed by atoms with E-state index in [0.717, 1.165) is 5.56 Å². The van der Waals surface area contributed by atoms with Crippen molar-refractivity contribution in [3.8, 4) is 17.6 Å². The Hall–Kier alpha value is -2.39. The van der Waals surface area contributed by atoms with Gasteiger partial charge in [-0.05, 0) is 23.8 Å². The topological polar surface area (TPSA) is 76.2 Å². The molecule has 0 spiro atoms. The lowest BCUT2D eigenvalue weighted by molar-refractivity contribution is -0.384. The molecule has 0 aromatic heterocycles. The van der Waals surface area contributed by atoms with Gasteiger partial charge in [-0.1, -0.05) is 28.1 Å². The number of hydrogen-bond acceptors (Lipinski definition) is 4. The van der Waals surface area contributed by atoms with Crippen LogP contribution in [0.4, 0.5) is 5.69 Å². The molecule has 5 nitrogen and oxygen atoms in total. The minimum atomic E-state index is -0.494. The van der Waals surface area contributed by atoms with E-state index in [1.165, 1.54) is 18.2 Å². The van der Waals surface area contributed by atoms with Gasteiger partial charge in [0.25, 0.3) is 5.69 Å². The molecule has 0 saturated heterocycles. The van der Waals surface area contributed by atoms with Crippen molar-refractivity contribution in [1.82, 2.24) is 0 Å². The van der Waals surface area contributed by atoms with Gasteiger partial charge < -0.3 is 4.74 Å². The van der Waals surface area contributed by atoms with Gasteiger partial charge in [0.2, 0.25) is 0 Å². The van der Waals surface area contributed by atoms with Gasteiger partial charge in [0, 0.05) is 11.4 Å². The van der Waals surface area contributed by atoms with Crippen LogP contribution in [0.5, 0.6) is 11.5 Å². The highest BCUT2D eigenvalue weighted by molar-refractivity contribution is 9.08. The first-order chi connectivity index (χ1) is 9.63. The standard InChI is InChI=1S/C14H9BrN2O3/c15-8-10-4-5-14(11(6-10)9-16)20-13-3-1-2-12(7-13)17(18)19/h1-7H,8H2. The monoisotopic (exact) mass is 332 g/mol. The summed E-state index contributed by atoms with van der Waals surface area (Å²) in [6.45, 7) is 0. The molecule has 0 radical (unpaired) electrons. The molecular formula is C14H9BrN2O3. The van der Waals surface area contributed by atoms with Gasteiger partial charge in [-0.25, -0.2) is 0 Å². The number of ether oxygens (including phenoxy) is 1. The highest BCUT2D eigenvalue weighted by atomic mass is 79.9. The predicted molar refractivity (Wildman–Crippen MR) is 77.0 cm³/mol. The third-order valence-corrected chi connectivity index (χ3v) is 3.22. The maximum absolute atomic E-state index is 10.7. The molecule has 0 bridgehead atoms. The van der Waals surface area contributed by atoms with Gasteiger partial charge >= 0.3 is 0 Å². The fourth-order valence-corrected chi connectivity index (χ4v) is 1.97. The minimum Gasteiger partial charge on any atom is -0.456 e. The van der Waals surface area contributed by atoms with Crippen molar-refractivity contribution in [3.63, 3.8) is 0 Å². The molecule has 6 heteroatoms. The molecule has 2 rings (SSSR count). The highest BCUT2D eigenvalue weighted by Gasteiger charge is 2.09. The second kappa shape index (κ2) is 6.17. The number of nitriles is 1. The predicted octanol–water partition coefficient (Wildman–Crippen LogP) is 4.15. The molecule has 0 N–H and O–H groups in total. The van der Waals surface area contributed by atoms with Crippen LogP contribution in [0, 0.1) is 21.4 Å². The second-order valence-electron chi connectivity index (χ2n) is 3.93. The van der Waals surface area contributed by atoms with Crippen LogP contribution < -0.4 is 4.74 Å². The van der Waals surface area contributed by atoms with Crippen molar-refractivity contribution >= 4 is 21.6 Å². The maximum Gasteiger partial charge on any atom is 0.273 e. The number of rotatable bonds is 4. The number of halogens is 1. The van der Waals surface area contributed by atoms with E-state index in [9.17, 15) is 10.1 Å². The molecule has 0 unspecified atom stereocenters. The van der Waals surface area contributed by atoms with Crippen LogP contribution in [0.1, 0.15) is 11.1 Å². The summed E-state index contributed by atoms with van der Waals surface area (Å²) in [7, 11) is 0. The van der Waals surface area contributed by atoms with E-state index in [1.54, 1.807) is 18.2 Å². The van der Waals surface area contributed by atoms with Crippen molar-refractivity contribution in [3.05, 3.63) is 63.7 Å². The van der Waals surface area contributed by atoms with Crippen molar-refractivity contribution in [2.45, 2.75) is 5.33 Å². The third-order valence-electron chi connectivity index (χ3n) is 2.57. The Balaban J connectivity index is 2.33. The molecule has 0 atom stereocenters. The van der Waals surface area contributed by atoms with E-state index in [4.69, 9.17) is 10.00 Å². The average molecular weight is 333 g/mol. The van der Waals surface area contributed by atoms with Crippen LogP contribution in [-0.4, -0.2) is 4.92 Å². The summed E-state index contributed by atoms with van der Waals surface area (Å²) < 4.78 is 5.55. The first kappa shape index (κ1) is 14.0. The molecule has 0 aliphatic carbocycles. The Morgan fingerprint density at radius 3 is 2.75 bits per heavy atom. The third kappa shape index (κ3) is 3.13. The zero-order valence-corrected chi connectivity index (χ0v) is 11.8. The first-order valence-electron chi connectivity index (χ1n) is 5.65. The van der Waals surface area contributed by atoms with E-state index in [1.807, 2.05) is 12.1 Å². The van der Waals surface area contributed by atoms with Crippen molar-refractivity contribution < 1.29 is 9.66 Å². The number of nitrogens with zero attached hydrogens (tertiary/aromatic N) is 2. The Morgan fingerprint density at radius 2 is 2.10 bits per heavy atom. The number of nitro benzene ring substituents is 1. The summed E-state index contributed by atoms with van der Waals surface area (Å²) in [5, 5.41) is 20.4. The quantitative estimate of drug-likeness (QED) is 0.478. The zero-order valence-electron chi connectivity index (χ0n) is 10.2. The van der Waals surface area contributed by atoms with Gasteiger partial charge in [0.15, 0.2) is 0 Å². The summed E-state index contributed by atoms with van der Waals surface area (Å²) >= 11 is 3.31. The minimum absolute atomic E-state index is 0.0573. The SMILES string of the molecule is N#Cc1cc(CBr)ccc1Oc1cccc([N+](=O)[O-])c1. The van der Waals surface area contributed by atoms with Gasteiger partial charge in [0.05, 0.1) is 16.6 Å². The van der Waals surface area contributed by atoms with Crippen LogP contribution >= 0.6 is 15.9 Å². The lowest BCUT2D eigenvalue weighted by Crippen LogP contribution is -1.92. The van der Waals surface area contributed by atoms with E-state index < -0.39 is 4.92 Å². The maximum atomic E-state index is 10.7. The molecule has 2 aromatic rings. The number of hydrogen-bond donors (Lipinski definition) is 0. The molecule has 0 aliphatic rings. The van der Waals surface area contributed by atoms with Crippen LogP contribution in [-0.2, 0) is 5.33 Å². The van der Waals surface area contributed by atoms with E-state index in [0.29, 0.717) is 22.4 Å². The van der Waals surface area contributed by atoms with Crippen LogP contribution in [0.15, 0.2) is 42.5 Å². The molecule has 0 amide bonds. The lowest BCUT2D eigenvalue weighted by Gasteiger charge is -2.08. The zero-order chi connectivity index (χ0) is 14.5. The van der Waals surface area contributed by atoms with Crippen LogP contribution in [0.25, 0.3) is 0 Å². The van der Waals surface area contributed by atoms with Crippen LogP contribution in [0.2, 0.25) is 0 Å². The summed E-state index contributed by atoms with van der Waals surface area (Å²) in [5.41, 5.74) is 1.28. The summed E-state index contributed by atoms with van der Waals surface area (Å²) in [6.07, 6.45) is 0. The molecule has 2 aromatic carbocycles. The van der Waals surface area contributed by atoms with Crippen molar-refractivity contribution in [2.75, 3.05) is 0 Å². The first-order valence-corrected chi connectivity index (χ1v) is 6.77. The molecule has 20 heavy (non-hydrogen) atoms. The number of alkyl halides is 1. The smallest absolute Gasteiger partial charge is 0.273 e. The van der Waals surface area contributed by atoms with E-state index in [2.05, 4.69) is 15.9 Å². The molecule has 0 aliphatic heterocycles. The Bertz CT molecular complexity index is 695. The highest BCUT2D eigenvalue weighted by Crippen LogP contribution is 2.28. The Morgan fingerprint density at radius 1 is 1.30 bits per heavy atom. The second-order valence-corrected chi connectivity index (χ2v) is 4.49. The normalized spacial score (nSPS) is 9.80. The average Bonchev–Trinajstić information content (AvgIpc) is 2.48. The number of nitro groups is 1. The van der Waals surface area contributed by atoms with Crippen molar-refractivity contribution in [2.24, 2.45) is 0 Å². The molecule has 0 saturated carbocycles. The van der Waals surface area contributed by atoms with E-state index in [-0.39, 0.29) is 5.69 Å². The fourth-order valence-electron chi connectivity index (χ4n) is 1.62. The summed E-state index contributed by atoms with van der Waals surface area (Å²) in [4.78, 5) is 10.2. The Labute approximate surface area is 123 Å². The number of benzene rings is 2. The van der Waals surface area contributed by atoms with Gasteiger partial charge in [-0.2, -0.15) is 5.26 Å². The van der Waals surface area contributed by atoms with Crippen molar-refractivity contribution in [1.29, 1.82) is 5.26 Å². The van der Waals surface area contributed by atoms with Gasteiger partial charge in [-0.3, -0.25) is 10.1 Å². The van der Waals surface area contributed by atoms with E-state index >= 15 is 0 Å². The number of non-ortho nitro benzene ring substituents is 1. The molecule has 0 fully saturated rings. The molecular weight excluding hydrogens is 324 g/mol. The lowest BCUT2D eigenvalue weighted by atomic mass is 10.1.